The largest absolute Gasteiger partial charge is 0.467 e. The molecule has 1 atom stereocenters. The molecule has 7 N–H and O–H groups in total. The lowest BCUT2D eigenvalue weighted by molar-refractivity contribution is -0.387. The zero-order chi connectivity index (χ0) is 45.0. The number of hydrogen-bond donors (Lipinski definition) is 6. The maximum Gasteiger partial charge on any atom is 0.333 e. The molecule has 0 saturated heterocycles. The summed E-state index contributed by atoms with van der Waals surface area (Å²) >= 11 is 0. The zero-order valence-corrected chi connectivity index (χ0v) is 33.1. The SMILES string of the molecule is COC(=O)[C@H](CCC(=O)NCCCOCCOCCOCCCNc1c(F)c(N=[N+]=[N-])c(F)c(F)c1[N+](=O)[O-])NC(=O)c1ccc(NCc2cnc3nc(N)[nH]c(=O)c3n2)cc1. The first-order valence-corrected chi connectivity index (χ1v) is 18.7. The number of nitro benzene ring substituents is 1. The van der Waals surface area contributed by atoms with E-state index in [9.17, 15) is 42.5 Å². The van der Waals surface area contributed by atoms with Gasteiger partial charge in [0.05, 0.1) is 56.9 Å². The molecule has 0 saturated carbocycles. The Kier molecular flexibility index (Phi) is 18.5. The highest BCUT2D eigenvalue weighted by Crippen LogP contribution is 2.39. The number of azide groups is 1. The molecule has 2 aromatic heterocycles. The maximum atomic E-state index is 14.5. The Labute approximate surface area is 349 Å². The number of benzene rings is 2. The molecule has 0 unspecified atom stereocenters. The number of fused-ring (bicyclic) bond motifs is 1. The van der Waals surface area contributed by atoms with E-state index in [4.69, 9.17) is 30.2 Å². The number of ether oxygens (including phenoxy) is 4. The number of nitrogen functional groups attached to an aromatic ring is 1. The van der Waals surface area contributed by atoms with Crippen LogP contribution >= 0.6 is 0 Å². The van der Waals surface area contributed by atoms with Gasteiger partial charge in [-0.3, -0.25) is 29.5 Å². The van der Waals surface area contributed by atoms with Gasteiger partial charge < -0.3 is 45.9 Å². The Morgan fingerprint density at radius 2 is 1.63 bits per heavy atom. The Bertz CT molecular complexity index is 2320. The molecule has 2 aromatic carbocycles. The fourth-order valence-electron chi connectivity index (χ4n) is 5.42. The number of esters is 1. The topological polar surface area (TPSA) is 326 Å². The molecule has 23 nitrogen and oxygen atoms in total. The molecular weight excluding hydrogens is 831 g/mol. The standard InChI is InChI=1S/C36H42F3N13O10/c1-59-35(56)23(47-33(54)20-4-6-21(7-5-20)44-18-22-19-45-32-30(46-22)34(55)49-36(40)48-32)8-9-24(53)42-10-2-12-60-14-16-62-17-15-61-13-3-11-43-29-27(39)28(50-51-41)25(37)26(38)31(29)52(57)58/h4-7,19,23,43-44H,2-3,8-18H2,1H3,(H,42,53)(H,47,54)(H3,40,45,48,49,55)/t23-/m0/s1. The number of rotatable bonds is 26. The number of anilines is 3. The van der Waals surface area contributed by atoms with E-state index in [1.807, 2.05) is 0 Å². The summed E-state index contributed by atoms with van der Waals surface area (Å²) in [5, 5.41) is 24.7. The molecule has 2 amide bonds. The molecular formula is C36H42F3N13O10. The smallest absolute Gasteiger partial charge is 0.333 e. The fourth-order valence-corrected chi connectivity index (χ4v) is 5.42. The summed E-state index contributed by atoms with van der Waals surface area (Å²) in [5.41, 5.74) is 11.2. The summed E-state index contributed by atoms with van der Waals surface area (Å²) in [5.74, 6) is -7.23. The summed E-state index contributed by atoms with van der Waals surface area (Å²) in [6, 6.07) is 5.27. The molecule has 0 bridgehead atoms. The number of halogens is 3. The van der Waals surface area contributed by atoms with E-state index < -0.39 is 62.9 Å². The predicted octanol–water partition coefficient (Wildman–Crippen LogP) is 3.28. The minimum absolute atomic E-state index is 0.0149. The van der Waals surface area contributed by atoms with Gasteiger partial charge >= 0.3 is 11.7 Å². The second-order valence-electron chi connectivity index (χ2n) is 12.8. The van der Waals surface area contributed by atoms with Crippen LogP contribution in [0.5, 0.6) is 0 Å². The van der Waals surface area contributed by atoms with Crippen molar-refractivity contribution >= 4 is 57.6 Å². The Morgan fingerprint density at radius 1 is 0.968 bits per heavy atom. The van der Waals surface area contributed by atoms with Gasteiger partial charge in [-0.05, 0) is 49.1 Å². The van der Waals surface area contributed by atoms with Crippen molar-refractivity contribution < 1.29 is 51.4 Å². The van der Waals surface area contributed by atoms with Crippen molar-refractivity contribution in [1.29, 1.82) is 0 Å². The van der Waals surface area contributed by atoms with Gasteiger partial charge in [0.25, 0.3) is 11.5 Å². The summed E-state index contributed by atoms with van der Waals surface area (Å²) in [6.07, 6.45) is 2.04. The lowest BCUT2D eigenvalue weighted by Gasteiger charge is -2.16. The molecule has 332 valence electrons. The van der Waals surface area contributed by atoms with E-state index in [2.05, 4.69) is 51.2 Å². The van der Waals surface area contributed by atoms with Gasteiger partial charge in [0.2, 0.25) is 17.7 Å². The molecule has 2 heterocycles. The first-order valence-electron chi connectivity index (χ1n) is 18.7. The predicted molar refractivity (Wildman–Crippen MR) is 214 cm³/mol. The van der Waals surface area contributed by atoms with Crippen LogP contribution in [0.15, 0.2) is 40.4 Å². The van der Waals surface area contributed by atoms with Crippen LogP contribution in [-0.4, -0.2) is 109 Å². The van der Waals surface area contributed by atoms with E-state index in [0.29, 0.717) is 31.0 Å². The first kappa shape index (κ1) is 47.5. The van der Waals surface area contributed by atoms with Gasteiger partial charge in [-0.25, -0.2) is 23.5 Å². The lowest BCUT2D eigenvalue weighted by Crippen LogP contribution is -2.42. The maximum absolute atomic E-state index is 14.5. The second-order valence-corrected chi connectivity index (χ2v) is 12.8. The summed E-state index contributed by atoms with van der Waals surface area (Å²) < 4.78 is 63.6. The number of nitrogens with one attached hydrogen (secondary N) is 5. The second kappa shape index (κ2) is 24.2. The van der Waals surface area contributed by atoms with E-state index in [-0.39, 0.29) is 94.0 Å². The average molecular weight is 874 g/mol. The molecule has 62 heavy (non-hydrogen) atoms. The van der Waals surface area contributed by atoms with Crippen LogP contribution in [0.2, 0.25) is 0 Å². The number of aromatic amines is 1. The van der Waals surface area contributed by atoms with Crippen LogP contribution in [0.25, 0.3) is 21.6 Å². The van der Waals surface area contributed by atoms with Crippen LogP contribution in [0.1, 0.15) is 41.7 Å². The van der Waals surface area contributed by atoms with Crippen molar-refractivity contribution in [2.75, 3.05) is 76.2 Å². The number of nitrogens with two attached hydrogens (primary N) is 1. The normalized spacial score (nSPS) is 11.4. The van der Waals surface area contributed by atoms with Gasteiger partial charge in [0, 0.05) is 48.9 Å². The summed E-state index contributed by atoms with van der Waals surface area (Å²) in [7, 11) is 1.17. The number of methoxy groups -OCH3 is 1. The minimum Gasteiger partial charge on any atom is -0.467 e. The number of carbonyl (C=O) groups is 3. The van der Waals surface area contributed by atoms with Crippen molar-refractivity contribution in [2.24, 2.45) is 5.11 Å². The summed E-state index contributed by atoms with van der Waals surface area (Å²) in [4.78, 5) is 76.6. The molecule has 4 aromatic rings. The van der Waals surface area contributed by atoms with Crippen molar-refractivity contribution in [2.45, 2.75) is 38.3 Å². The molecule has 26 heteroatoms. The lowest BCUT2D eigenvalue weighted by atomic mass is 10.1. The Balaban J connectivity index is 1.03. The van der Waals surface area contributed by atoms with E-state index >= 15 is 0 Å². The molecule has 0 aliphatic rings. The monoisotopic (exact) mass is 873 g/mol. The van der Waals surface area contributed by atoms with Crippen LogP contribution in [0, 0.1) is 27.6 Å². The van der Waals surface area contributed by atoms with Crippen molar-refractivity contribution in [3.8, 4) is 0 Å². The highest BCUT2D eigenvalue weighted by Gasteiger charge is 2.32. The molecule has 0 aliphatic carbocycles. The highest BCUT2D eigenvalue weighted by atomic mass is 19.2. The van der Waals surface area contributed by atoms with Gasteiger partial charge in [-0.2, -0.15) is 9.37 Å². The van der Waals surface area contributed by atoms with Gasteiger partial charge in [0.15, 0.2) is 28.5 Å². The molecule has 4 rings (SSSR count). The zero-order valence-electron chi connectivity index (χ0n) is 33.1. The average Bonchev–Trinajstić information content (AvgIpc) is 3.25. The van der Waals surface area contributed by atoms with Gasteiger partial charge in [-0.1, -0.05) is 5.11 Å². The number of hydrogen-bond acceptors (Lipinski definition) is 17. The van der Waals surface area contributed by atoms with Crippen LogP contribution in [0.4, 0.5) is 41.9 Å². The highest BCUT2D eigenvalue weighted by molar-refractivity contribution is 5.97. The number of carbonyl (C=O) groups excluding carboxylic acids is 3. The minimum atomic E-state index is -1.98. The van der Waals surface area contributed by atoms with E-state index in [0.717, 1.165) is 0 Å². The third-order valence-electron chi connectivity index (χ3n) is 8.46. The van der Waals surface area contributed by atoms with Crippen molar-refractivity contribution in [3.63, 3.8) is 0 Å². The molecule has 0 fully saturated rings. The van der Waals surface area contributed by atoms with Gasteiger partial charge in [0.1, 0.15) is 11.7 Å². The van der Waals surface area contributed by atoms with E-state index in [1.165, 1.54) is 25.4 Å². The Morgan fingerprint density at radius 3 is 2.27 bits per heavy atom. The number of amides is 2. The molecule has 0 radical (unpaired) electrons. The third-order valence-corrected chi connectivity index (χ3v) is 8.46. The quantitative estimate of drug-likeness (QED) is 0.00770. The third kappa shape index (κ3) is 14.0. The number of nitrogens with zero attached hydrogens (tertiary/aromatic N) is 7. The van der Waals surface area contributed by atoms with E-state index in [1.54, 1.807) is 12.1 Å². The fraction of sp³-hybridized carbons (Fsp3) is 0.417. The number of H-pyrrole nitrogens is 1. The number of aromatic nitrogens is 4. The van der Waals surface area contributed by atoms with Crippen LogP contribution in [0.3, 0.4) is 0 Å². The summed E-state index contributed by atoms with van der Waals surface area (Å²) in [6.45, 7) is 1.68. The first-order chi connectivity index (χ1) is 29.8. The molecule has 0 spiro atoms. The van der Waals surface area contributed by atoms with Crippen molar-refractivity contribution in [1.82, 2.24) is 30.6 Å². The van der Waals surface area contributed by atoms with Crippen molar-refractivity contribution in [3.05, 3.63) is 90.1 Å². The number of nitro groups is 1. The van der Waals surface area contributed by atoms with Crippen LogP contribution in [-0.2, 0) is 35.1 Å². The van der Waals surface area contributed by atoms with Crippen LogP contribution < -0.4 is 32.6 Å². The van der Waals surface area contributed by atoms with Gasteiger partial charge in [-0.15, -0.1) is 0 Å². The molecule has 0 aliphatic heterocycles. The Hall–Kier alpha value is -7.15.